The number of aromatic amines is 1. The van der Waals surface area contributed by atoms with Crippen molar-refractivity contribution in [3.63, 3.8) is 0 Å². The Labute approximate surface area is 146 Å². The number of carbonyl (C=O) groups is 2. The van der Waals surface area contributed by atoms with E-state index < -0.39 is 0 Å². The zero-order valence-electron chi connectivity index (χ0n) is 12.9. The number of nitrogens with zero attached hydrogens (tertiary/aromatic N) is 1. The molecule has 0 spiro atoms. The predicted molar refractivity (Wildman–Crippen MR) is 95.7 cm³/mol. The van der Waals surface area contributed by atoms with Crippen LogP contribution in [-0.2, 0) is 16.3 Å². The lowest BCUT2D eigenvalue weighted by Crippen LogP contribution is -2.18. The molecule has 2 heterocycles. The number of anilines is 1. The van der Waals surface area contributed by atoms with E-state index in [1.54, 1.807) is 36.0 Å². The number of para-hydroxylation sites is 1. The van der Waals surface area contributed by atoms with Crippen LogP contribution in [0, 0.1) is 0 Å². The topological polar surface area (TPSA) is 91.9 Å². The fourth-order valence-corrected chi connectivity index (χ4v) is 4.04. The third-order valence-corrected chi connectivity index (χ3v) is 5.33. The number of hydrogen-bond acceptors (Lipinski definition) is 6. The molecule has 0 unspecified atom stereocenters. The van der Waals surface area contributed by atoms with E-state index in [4.69, 9.17) is 0 Å². The number of rotatable bonds is 5. The van der Waals surface area contributed by atoms with Crippen LogP contribution in [-0.4, -0.2) is 27.4 Å². The summed E-state index contributed by atoms with van der Waals surface area (Å²) in [6.07, 6.45) is 0. The summed E-state index contributed by atoms with van der Waals surface area (Å²) in [7, 11) is 0. The summed E-state index contributed by atoms with van der Waals surface area (Å²) in [6.45, 7) is 1.46. The Morgan fingerprint density at radius 2 is 2.12 bits per heavy atom. The first kappa shape index (κ1) is 16.8. The van der Waals surface area contributed by atoms with Crippen molar-refractivity contribution in [2.75, 3.05) is 11.1 Å². The molecule has 0 bridgehead atoms. The largest absolute Gasteiger partial charge is 0.325 e. The van der Waals surface area contributed by atoms with Crippen molar-refractivity contribution >= 4 is 40.9 Å². The van der Waals surface area contributed by atoms with Crippen LogP contribution in [0.5, 0.6) is 0 Å². The molecular weight excluding hydrogens is 346 g/mol. The number of fused-ring (bicyclic) bond motifs is 1. The quantitative estimate of drug-likeness (QED) is 0.483. The van der Waals surface area contributed by atoms with Gasteiger partial charge in [0.05, 0.1) is 17.1 Å². The molecule has 2 aromatic rings. The monoisotopic (exact) mass is 361 g/mol. The molecule has 0 radical (unpaired) electrons. The smallest absolute Gasteiger partial charge is 0.255 e. The fourth-order valence-electron chi connectivity index (χ4n) is 2.33. The minimum absolute atomic E-state index is 0.0983. The number of thioether (sulfide) groups is 2. The third-order valence-electron chi connectivity index (χ3n) is 3.49. The Kier molecular flexibility index (Phi) is 5.06. The molecule has 24 heavy (non-hydrogen) atoms. The molecule has 1 aliphatic heterocycles. The molecule has 124 valence electrons. The van der Waals surface area contributed by atoms with E-state index in [-0.39, 0.29) is 23.0 Å². The Bertz CT molecular complexity index is 864. The highest BCUT2D eigenvalue weighted by Crippen LogP contribution is 2.26. The maximum atomic E-state index is 12.1. The Balaban J connectivity index is 1.66. The van der Waals surface area contributed by atoms with Crippen LogP contribution < -0.4 is 10.9 Å². The molecule has 0 saturated heterocycles. The number of hydrogen-bond donors (Lipinski definition) is 2. The van der Waals surface area contributed by atoms with Crippen LogP contribution in [0.4, 0.5) is 5.69 Å². The lowest BCUT2D eigenvalue weighted by atomic mass is 10.1. The van der Waals surface area contributed by atoms with Crippen molar-refractivity contribution < 1.29 is 9.59 Å². The van der Waals surface area contributed by atoms with Crippen molar-refractivity contribution in [1.82, 2.24) is 9.97 Å². The summed E-state index contributed by atoms with van der Waals surface area (Å²) in [4.78, 5) is 42.7. The average Bonchev–Trinajstić information content (AvgIpc) is 3.02. The van der Waals surface area contributed by atoms with Crippen LogP contribution in [0.25, 0.3) is 0 Å². The van der Waals surface area contributed by atoms with Crippen LogP contribution in [0.1, 0.15) is 28.5 Å². The third kappa shape index (κ3) is 3.70. The second-order valence-corrected chi connectivity index (χ2v) is 7.18. The van der Waals surface area contributed by atoms with Crippen molar-refractivity contribution in [3.8, 4) is 0 Å². The van der Waals surface area contributed by atoms with Gasteiger partial charge >= 0.3 is 0 Å². The maximum Gasteiger partial charge on any atom is 0.255 e. The molecule has 2 N–H and O–H groups in total. The van der Waals surface area contributed by atoms with Gasteiger partial charge in [0.25, 0.3) is 5.56 Å². The minimum Gasteiger partial charge on any atom is -0.325 e. The van der Waals surface area contributed by atoms with E-state index >= 15 is 0 Å². The van der Waals surface area contributed by atoms with Crippen LogP contribution in [0.15, 0.2) is 34.2 Å². The molecule has 0 saturated carbocycles. The number of ketones is 1. The Morgan fingerprint density at radius 1 is 1.33 bits per heavy atom. The minimum atomic E-state index is -0.258. The molecule has 8 heteroatoms. The average molecular weight is 361 g/mol. The molecule has 1 aromatic carbocycles. The summed E-state index contributed by atoms with van der Waals surface area (Å²) >= 11 is 2.82. The van der Waals surface area contributed by atoms with Gasteiger partial charge < -0.3 is 10.3 Å². The highest BCUT2D eigenvalue weighted by atomic mass is 32.2. The Hall–Kier alpha value is -2.06. The van der Waals surface area contributed by atoms with E-state index in [1.807, 2.05) is 0 Å². The van der Waals surface area contributed by atoms with Gasteiger partial charge in [0.1, 0.15) is 0 Å². The van der Waals surface area contributed by atoms with Gasteiger partial charge in [-0.05, 0) is 19.1 Å². The molecule has 6 nitrogen and oxygen atoms in total. The number of benzene rings is 1. The molecule has 0 atom stereocenters. The van der Waals surface area contributed by atoms with Gasteiger partial charge in [-0.15, -0.1) is 0 Å². The first-order valence-corrected chi connectivity index (χ1v) is 9.41. The molecule has 1 aliphatic rings. The van der Waals surface area contributed by atoms with E-state index in [0.717, 1.165) is 17.0 Å². The molecule has 0 aliphatic carbocycles. The summed E-state index contributed by atoms with van der Waals surface area (Å²) in [6, 6.07) is 6.86. The maximum absolute atomic E-state index is 12.1. The zero-order valence-corrected chi connectivity index (χ0v) is 14.6. The van der Waals surface area contributed by atoms with Crippen molar-refractivity contribution in [2.24, 2.45) is 0 Å². The first-order chi connectivity index (χ1) is 11.5. The zero-order chi connectivity index (χ0) is 17.1. The van der Waals surface area contributed by atoms with Crippen LogP contribution in [0.2, 0.25) is 0 Å². The molecule has 0 fully saturated rings. The van der Waals surface area contributed by atoms with E-state index in [0.29, 0.717) is 22.2 Å². The highest BCUT2D eigenvalue weighted by molar-refractivity contribution is 7.99. The number of amides is 1. The van der Waals surface area contributed by atoms with Crippen molar-refractivity contribution in [2.45, 2.75) is 23.6 Å². The SMILES string of the molecule is CC(=O)c1ccccc1NC(=O)CSc1nc2c(c(=O)[nH]1)CSC2. The molecule has 1 aromatic heterocycles. The summed E-state index contributed by atoms with van der Waals surface area (Å²) in [5.41, 5.74) is 2.35. The van der Waals surface area contributed by atoms with Crippen LogP contribution >= 0.6 is 23.5 Å². The van der Waals surface area contributed by atoms with E-state index in [9.17, 15) is 14.4 Å². The van der Waals surface area contributed by atoms with Gasteiger partial charge in [-0.2, -0.15) is 11.8 Å². The second-order valence-electron chi connectivity index (χ2n) is 5.23. The number of H-pyrrole nitrogens is 1. The lowest BCUT2D eigenvalue weighted by Gasteiger charge is -2.09. The van der Waals surface area contributed by atoms with Crippen molar-refractivity contribution in [3.05, 3.63) is 51.4 Å². The van der Waals surface area contributed by atoms with Gasteiger partial charge in [0.15, 0.2) is 10.9 Å². The number of aromatic nitrogens is 2. The van der Waals surface area contributed by atoms with Gasteiger partial charge in [-0.25, -0.2) is 4.98 Å². The molecule has 3 rings (SSSR count). The highest BCUT2D eigenvalue weighted by Gasteiger charge is 2.18. The van der Waals surface area contributed by atoms with Crippen molar-refractivity contribution in [1.29, 1.82) is 0 Å². The molecular formula is C16H15N3O3S2. The summed E-state index contributed by atoms with van der Waals surface area (Å²) in [5.74, 6) is 1.14. The standard InChI is InChI=1S/C16H15N3O3S2/c1-9(20)10-4-2-3-5-12(10)17-14(21)8-24-16-18-13-7-23-6-11(13)15(22)19-16/h2-5H,6-8H2,1H3,(H,17,21)(H,18,19,22). The van der Waals surface area contributed by atoms with Crippen LogP contribution in [0.3, 0.4) is 0 Å². The second kappa shape index (κ2) is 7.23. The van der Waals surface area contributed by atoms with Gasteiger partial charge in [0, 0.05) is 22.6 Å². The summed E-state index contributed by atoms with van der Waals surface area (Å²) in [5, 5.41) is 3.17. The Morgan fingerprint density at radius 3 is 2.92 bits per heavy atom. The van der Waals surface area contributed by atoms with Gasteiger partial charge in [0.2, 0.25) is 5.91 Å². The van der Waals surface area contributed by atoms with Gasteiger partial charge in [-0.1, -0.05) is 23.9 Å². The number of nitrogens with one attached hydrogen (secondary N) is 2. The summed E-state index contributed by atoms with van der Waals surface area (Å²) < 4.78 is 0. The molecule has 1 amide bonds. The number of carbonyl (C=O) groups excluding carboxylic acids is 2. The van der Waals surface area contributed by atoms with E-state index in [2.05, 4.69) is 15.3 Å². The normalized spacial score (nSPS) is 12.7. The lowest BCUT2D eigenvalue weighted by molar-refractivity contribution is -0.113. The van der Waals surface area contributed by atoms with E-state index in [1.165, 1.54) is 18.7 Å². The first-order valence-electron chi connectivity index (χ1n) is 7.27. The van der Waals surface area contributed by atoms with Gasteiger partial charge in [-0.3, -0.25) is 14.4 Å². The predicted octanol–water partition coefficient (Wildman–Crippen LogP) is 2.45. The fraction of sp³-hybridized carbons (Fsp3) is 0.250. The number of Topliss-reactive ketones (excluding diaryl/α,β-unsaturated/α-hetero) is 1.